The van der Waals surface area contributed by atoms with Gasteiger partial charge in [0.05, 0.1) is 5.75 Å². The molecule has 0 spiro atoms. The van der Waals surface area contributed by atoms with E-state index in [4.69, 9.17) is 5.73 Å². The van der Waals surface area contributed by atoms with E-state index in [1.807, 2.05) is 12.1 Å². The number of sulfonamides is 1. The zero-order valence-corrected chi connectivity index (χ0v) is 13.1. The van der Waals surface area contributed by atoms with Crippen molar-refractivity contribution >= 4 is 15.9 Å². The molecule has 0 atom stereocenters. The van der Waals surface area contributed by atoms with Crippen molar-refractivity contribution in [1.29, 1.82) is 0 Å². The average Bonchev–Trinajstić information content (AvgIpc) is 2.41. The van der Waals surface area contributed by atoms with Crippen LogP contribution >= 0.6 is 0 Å². The molecule has 1 aliphatic rings. The van der Waals surface area contributed by atoms with E-state index < -0.39 is 15.6 Å². The summed E-state index contributed by atoms with van der Waals surface area (Å²) in [5, 5.41) is 2.70. The molecule has 1 aromatic rings. The Hall–Kier alpha value is -1.44. The standard InChI is InChI=1S/C14H21N3O3S/c1-14(2)13(18)16-7-8-17(14)21(19,20)10-12-6-4-3-5-11(12)9-15/h3-6H,7-10,15H2,1-2H3,(H,16,18). The van der Waals surface area contributed by atoms with Crippen LogP contribution in [0.25, 0.3) is 0 Å². The average molecular weight is 311 g/mol. The molecule has 1 fully saturated rings. The Morgan fingerprint density at radius 3 is 2.52 bits per heavy atom. The molecular weight excluding hydrogens is 290 g/mol. The number of piperazine rings is 1. The molecule has 0 aliphatic carbocycles. The van der Waals surface area contributed by atoms with E-state index in [0.717, 1.165) is 5.56 Å². The van der Waals surface area contributed by atoms with E-state index in [1.54, 1.807) is 26.0 Å². The third kappa shape index (κ3) is 3.09. The van der Waals surface area contributed by atoms with Crippen molar-refractivity contribution in [3.8, 4) is 0 Å². The predicted molar refractivity (Wildman–Crippen MR) is 80.8 cm³/mol. The van der Waals surface area contributed by atoms with Crippen molar-refractivity contribution in [1.82, 2.24) is 9.62 Å². The summed E-state index contributed by atoms with van der Waals surface area (Å²) in [6, 6.07) is 7.20. The fourth-order valence-electron chi connectivity index (χ4n) is 2.54. The summed E-state index contributed by atoms with van der Waals surface area (Å²) in [6.07, 6.45) is 0. The highest BCUT2D eigenvalue weighted by molar-refractivity contribution is 7.88. The van der Waals surface area contributed by atoms with E-state index in [9.17, 15) is 13.2 Å². The second-order valence-electron chi connectivity index (χ2n) is 5.62. The van der Waals surface area contributed by atoms with Crippen LogP contribution < -0.4 is 11.1 Å². The fourth-order valence-corrected chi connectivity index (χ4v) is 4.52. The molecule has 1 heterocycles. The van der Waals surface area contributed by atoms with Crippen LogP contribution in [0, 0.1) is 0 Å². The lowest BCUT2D eigenvalue weighted by molar-refractivity contribution is -0.131. The second-order valence-corrected chi connectivity index (χ2v) is 7.51. The van der Waals surface area contributed by atoms with E-state index in [0.29, 0.717) is 12.1 Å². The first-order valence-electron chi connectivity index (χ1n) is 6.84. The van der Waals surface area contributed by atoms with E-state index >= 15 is 0 Å². The quantitative estimate of drug-likeness (QED) is 0.830. The maximum absolute atomic E-state index is 12.7. The van der Waals surface area contributed by atoms with Crippen LogP contribution in [0.3, 0.4) is 0 Å². The van der Waals surface area contributed by atoms with Crippen LogP contribution in [0.2, 0.25) is 0 Å². The van der Waals surface area contributed by atoms with Gasteiger partial charge in [-0.25, -0.2) is 8.42 Å². The predicted octanol–water partition coefficient (Wildman–Crippen LogP) is 0.186. The smallest absolute Gasteiger partial charge is 0.241 e. The van der Waals surface area contributed by atoms with Crippen LogP contribution in [0.4, 0.5) is 0 Å². The van der Waals surface area contributed by atoms with Crippen molar-refractivity contribution in [2.45, 2.75) is 31.7 Å². The molecule has 0 radical (unpaired) electrons. The first-order valence-corrected chi connectivity index (χ1v) is 8.45. The van der Waals surface area contributed by atoms with Crippen LogP contribution in [-0.4, -0.2) is 37.3 Å². The molecule has 0 unspecified atom stereocenters. The fraction of sp³-hybridized carbons (Fsp3) is 0.500. The molecule has 3 N–H and O–H groups in total. The van der Waals surface area contributed by atoms with Crippen LogP contribution in [0.1, 0.15) is 25.0 Å². The van der Waals surface area contributed by atoms with Gasteiger partial charge < -0.3 is 11.1 Å². The molecule has 0 aromatic heterocycles. The van der Waals surface area contributed by atoms with Gasteiger partial charge in [-0.3, -0.25) is 4.79 Å². The number of hydrogen-bond donors (Lipinski definition) is 2. The minimum absolute atomic E-state index is 0.142. The lowest BCUT2D eigenvalue weighted by Gasteiger charge is -2.40. The molecule has 1 saturated heterocycles. The van der Waals surface area contributed by atoms with Gasteiger partial charge in [0.2, 0.25) is 15.9 Å². The van der Waals surface area contributed by atoms with Gasteiger partial charge in [0, 0.05) is 19.6 Å². The third-order valence-electron chi connectivity index (χ3n) is 3.79. The highest BCUT2D eigenvalue weighted by atomic mass is 32.2. The van der Waals surface area contributed by atoms with Crippen LogP contribution in [0.15, 0.2) is 24.3 Å². The lowest BCUT2D eigenvalue weighted by Crippen LogP contribution is -2.63. The Bertz CT molecular complexity index is 641. The second kappa shape index (κ2) is 5.75. The molecule has 7 heteroatoms. The summed E-state index contributed by atoms with van der Waals surface area (Å²) in [4.78, 5) is 11.9. The van der Waals surface area contributed by atoms with Gasteiger partial charge in [-0.2, -0.15) is 4.31 Å². The highest BCUT2D eigenvalue weighted by Gasteiger charge is 2.44. The molecule has 1 aromatic carbocycles. The molecule has 6 nitrogen and oxygen atoms in total. The van der Waals surface area contributed by atoms with E-state index in [-0.39, 0.29) is 24.7 Å². The van der Waals surface area contributed by atoms with Crippen molar-refractivity contribution in [3.05, 3.63) is 35.4 Å². The Morgan fingerprint density at radius 1 is 1.29 bits per heavy atom. The van der Waals surface area contributed by atoms with Crippen molar-refractivity contribution in [2.75, 3.05) is 13.1 Å². The lowest BCUT2D eigenvalue weighted by atomic mass is 10.0. The molecular formula is C14H21N3O3S. The van der Waals surface area contributed by atoms with Crippen LogP contribution in [-0.2, 0) is 27.1 Å². The summed E-state index contributed by atoms with van der Waals surface area (Å²) < 4.78 is 26.7. The normalized spacial score (nSPS) is 19.3. The SMILES string of the molecule is CC1(C)C(=O)NCCN1S(=O)(=O)Cc1ccccc1CN. The summed E-state index contributed by atoms with van der Waals surface area (Å²) in [5.41, 5.74) is 6.06. The van der Waals surface area contributed by atoms with Crippen LogP contribution in [0.5, 0.6) is 0 Å². The molecule has 0 bridgehead atoms. The number of amides is 1. The van der Waals surface area contributed by atoms with Gasteiger partial charge >= 0.3 is 0 Å². The van der Waals surface area contributed by atoms with Gasteiger partial charge in [0.15, 0.2) is 0 Å². The Kier molecular flexibility index (Phi) is 4.36. The van der Waals surface area contributed by atoms with Crippen molar-refractivity contribution in [3.63, 3.8) is 0 Å². The van der Waals surface area contributed by atoms with Gasteiger partial charge in [-0.1, -0.05) is 24.3 Å². The first kappa shape index (κ1) is 15.9. The maximum atomic E-state index is 12.7. The number of carbonyl (C=O) groups is 1. The summed E-state index contributed by atoms with van der Waals surface area (Å²) in [6.45, 7) is 4.14. The summed E-state index contributed by atoms with van der Waals surface area (Å²) in [5.74, 6) is -0.415. The Labute approximate surface area is 125 Å². The summed E-state index contributed by atoms with van der Waals surface area (Å²) in [7, 11) is -3.59. The van der Waals surface area contributed by atoms with Crippen molar-refractivity contribution in [2.24, 2.45) is 5.73 Å². The van der Waals surface area contributed by atoms with Gasteiger partial charge in [-0.05, 0) is 25.0 Å². The highest BCUT2D eigenvalue weighted by Crippen LogP contribution is 2.25. The molecule has 2 rings (SSSR count). The van der Waals surface area contributed by atoms with E-state index in [1.165, 1.54) is 4.31 Å². The third-order valence-corrected chi connectivity index (χ3v) is 5.78. The van der Waals surface area contributed by atoms with Gasteiger partial charge in [-0.15, -0.1) is 0 Å². The van der Waals surface area contributed by atoms with Gasteiger partial charge in [0.25, 0.3) is 0 Å². The van der Waals surface area contributed by atoms with Crippen molar-refractivity contribution < 1.29 is 13.2 Å². The zero-order chi connectivity index (χ0) is 15.7. The Morgan fingerprint density at radius 2 is 1.90 bits per heavy atom. The summed E-state index contributed by atoms with van der Waals surface area (Å²) >= 11 is 0. The monoisotopic (exact) mass is 311 g/mol. The maximum Gasteiger partial charge on any atom is 0.241 e. The van der Waals surface area contributed by atoms with E-state index in [2.05, 4.69) is 5.32 Å². The number of hydrogen-bond acceptors (Lipinski definition) is 4. The minimum atomic E-state index is -3.59. The number of nitrogens with one attached hydrogen (secondary N) is 1. The molecule has 21 heavy (non-hydrogen) atoms. The number of nitrogens with two attached hydrogens (primary N) is 1. The molecule has 1 aliphatic heterocycles. The number of benzene rings is 1. The minimum Gasteiger partial charge on any atom is -0.353 e. The topological polar surface area (TPSA) is 92.5 Å². The van der Waals surface area contributed by atoms with Gasteiger partial charge in [0.1, 0.15) is 5.54 Å². The number of rotatable bonds is 4. The zero-order valence-electron chi connectivity index (χ0n) is 12.3. The largest absolute Gasteiger partial charge is 0.353 e. The number of carbonyl (C=O) groups excluding carboxylic acids is 1. The molecule has 0 saturated carbocycles. The Balaban J connectivity index is 2.32. The first-order chi connectivity index (χ1) is 9.79. The molecule has 1 amide bonds. The molecule has 116 valence electrons. The number of nitrogens with zero attached hydrogens (tertiary/aromatic N) is 1.